The van der Waals surface area contributed by atoms with Gasteiger partial charge < -0.3 is 15.5 Å². The lowest BCUT2D eigenvalue weighted by Crippen LogP contribution is -2.44. The van der Waals surface area contributed by atoms with Gasteiger partial charge in [0.15, 0.2) is 0 Å². The Hall–Kier alpha value is -0.120. The Bertz CT molecular complexity index is 170. The van der Waals surface area contributed by atoms with Gasteiger partial charge in [-0.05, 0) is 46.8 Å². The predicted octanol–water partition coefficient (Wildman–Crippen LogP) is 0.606. The zero-order chi connectivity index (χ0) is 10.7. The molecule has 3 heteroatoms. The van der Waals surface area contributed by atoms with Crippen LogP contribution in [-0.4, -0.2) is 55.6 Å². The highest BCUT2D eigenvalue weighted by atomic mass is 15.2. The second-order valence-electron chi connectivity index (χ2n) is 4.96. The first-order chi connectivity index (χ1) is 6.50. The molecule has 2 N–H and O–H groups in total. The van der Waals surface area contributed by atoms with Crippen LogP contribution in [0.4, 0.5) is 0 Å². The van der Waals surface area contributed by atoms with E-state index in [0.29, 0.717) is 6.04 Å². The van der Waals surface area contributed by atoms with Gasteiger partial charge in [-0.25, -0.2) is 0 Å². The minimum atomic E-state index is 0.263. The maximum Gasteiger partial charge on any atom is 0.0213 e. The molecule has 1 aliphatic rings. The lowest BCUT2D eigenvalue weighted by atomic mass is 10.1. The van der Waals surface area contributed by atoms with Crippen molar-refractivity contribution < 1.29 is 0 Å². The summed E-state index contributed by atoms with van der Waals surface area (Å²) in [5.74, 6) is 0.839. The van der Waals surface area contributed by atoms with E-state index in [-0.39, 0.29) is 6.04 Å². The molecule has 0 amide bonds. The third-order valence-electron chi connectivity index (χ3n) is 3.49. The van der Waals surface area contributed by atoms with E-state index in [4.69, 9.17) is 5.73 Å². The number of rotatable bonds is 4. The summed E-state index contributed by atoms with van der Waals surface area (Å²) in [7, 11) is 4.39. The first-order valence-corrected chi connectivity index (χ1v) is 5.65. The van der Waals surface area contributed by atoms with Gasteiger partial charge in [-0.1, -0.05) is 0 Å². The van der Waals surface area contributed by atoms with E-state index >= 15 is 0 Å². The van der Waals surface area contributed by atoms with E-state index in [1.54, 1.807) is 0 Å². The number of likely N-dealkylation sites (tertiary alicyclic amines) is 1. The molecule has 0 aromatic heterocycles. The van der Waals surface area contributed by atoms with Gasteiger partial charge in [0.2, 0.25) is 0 Å². The van der Waals surface area contributed by atoms with Crippen LogP contribution in [0.5, 0.6) is 0 Å². The zero-order valence-electron chi connectivity index (χ0n) is 10.0. The Morgan fingerprint density at radius 1 is 1.50 bits per heavy atom. The Morgan fingerprint density at radius 3 is 2.57 bits per heavy atom. The number of nitrogens with zero attached hydrogens (tertiary/aromatic N) is 2. The van der Waals surface area contributed by atoms with Crippen LogP contribution in [0.1, 0.15) is 20.3 Å². The van der Waals surface area contributed by atoms with Crippen molar-refractivity contribution in [3.8, 4) is 0 Å². The van der Waals surface area contributed by atoms with Crippen molar-refractivity contribution in [1.82, 2.24) is 9.80 Å². The average molecular weight is 199 g/mol. The number of likely N-dealkylation sites (N-methyl/N-ethyl adjacent to an activating group) is 1. The number of hydrogen-bond acceptors (Lipinski definition) is 3. The molecule has 0 aromatic carbocycles. The summed E-state index contributed by atoms with van der Waals surface area (Å²) in [6.45, 7) is 7.99. The maximum atomic E-state index is 5.89. The summed E-state index contributed by atoms with van der Waals surface area (Å²) in [5.41, 5.74) is 5.89. The van der Waals surface area contributed by atoms with Crippen LogP contribution < -0.4 is 5.73 Å². The zero-order valence-corrected chi connectivity index (χ0v) is 10.0. The topological polar surface area (TPSA) is 32.5 Å². The SMILES string of the molecule is CC(N)C(C)N(C)CC1CCN(C)C1. The second-order valence-corrected chi connectivity index (χ2v) is 4.96. The lowest BCUT2D eigenvalue weighted by Gasteiger charge is -2.29. The highest BCUT2D eigenvalue weighted by Gasteiger charge is 2.23. The van der Waals surface area contributed by atoms with Gasteiger partial charge in [0, 0.05) is 25.2 Å². The third-order valence-corrected chi connectivity index (χ3v) is 3.49. The summed E-state index contributed by atoms with van der Waals surface area (Å²) >= 11 is 0. The molecule has 1 heterocycles. The van der Waals surface area contributed by atoms with Gasteiger partial charge >= 0.3 is 0 Å². The smallest absolute Gasteiger partial charge is 0.0213 e. The molecule has 0 saturated carbocycles. The highest BCUT2D eigenvalue weighted by Crippen LogP contribution is 2.16. The standard InChI is InChI=1S/C11H25N3/c1-9(12)10(2)14(4)8-11-5-6-13(3)7-11/h9-11H,5-8,12H2,1-4H3. The molecular formula is C11H25N3. The Labute approximate surface area is 88.2 Å². The van der Waals surface area contributed by atoms with E-state index in [9.17, 15) is 0 Å². The van der Waals surface area contributed by atoms with Crippen LogP contribution in [0.3, 0.4) is 0 Å². The summed E-state index contributed by atoms with van der Waals surface area (Å²) in [6.07, 6.45) is 1.34. The number of nitrogens with two attached hydrogens (primary N) is 1. The van der Waals surface area contributed by atoms with Gasteiger partial charge in [-0.2, -0.15) is 0 Å². The summed E-state index contributed by atoms with van der Waals surface area (Å²) in [6, 6.07) is 0.750. The van der Waals surface area contributed by atoms with Crippen LogP contribution in [0.25, 0.3) is 0 Å². The molecule has 1 aliphatic heterocycles. The highest BCUT2D eigenvalue weighted by molar-refractivity contribution is 4.79. The molecule has 1 fully saturated rings. The van der Waals surface area contributed by atoms with Crippen LogP contribution in [0.15, 0.2) is 0 Å². The summed E-state index contributed by atoms with van der Waals surface area (Å²) < 4.78 is 0. The Balaban J connectivity index is 2.29. The molecule has 0 spiro atoms. The van der Waals surface area contributed by atoms with Crippen molar-refractivity contribution in [1.29, 1.82) is 0 Å². The fourth-order valence-corrected chi connectivity index (χ4v) is 2.15. The molecule has 1 saturated heterocycles. The molecule has 3 atom stereocenters. The van der Waals surface area contributed by atoms with Crippen LogP contribution >= 0.6 is 0 Å². The molecule has 84 valence electrons. The van der Waals surface area contributed by atoms with Gasteiger partial charge in [0.1, 0.15) is 0 Å². The van der Waals surface area contributed by atoms with Gasteiger partial charge in [-0.3, -0.25) is 0 Å². The summed E-state index contributed by atoms with van der Waals surface area (Å²) in [5, 5.41) is 0. The minimum absolute atomic E-state index is 0.263. The van der Waals surface area contributed by atoms with Crippen LogP contribution in [0.2, 0.25) is 0 Å². The predicted molar refractivity (Wildman–Crippen MR) is 61.3 cm³/mol. The van der Waals surface area contributed by atoms with Crippen LogP contribution in [0, 0.1) is 5.92 Å². The molecular weight excluding hydrogens is 174 g/mol. The molecule has 0 bridgehead atoms. The van der Waals surface area contributed by atoms with Gasteiger partial charge in [-0.15, -0.1) is 0 Å². The molecule has 3 nitrogen and oxygen atoms in total. The monoisotopic (exact) mass is 199 g/mol. The van der Waals surface area contributed by atoms with Gasteiger partial charge in [0.05, 0.1) is 0 Å². The second kappa shape index (κ2) is 5.10. The van der Waals surface area contributed by atoms with E-state index in [1.807, 2.05) is 0 Å². The number of hydrogen-bond donors (Lipinski definition) is 1. The fraction of sp³-hybridized carbons (Fsp3) is 1.00. The van der Waals surface area contributed by atoms with Gasteiger partial charge in [0.25, 0.3) is 0 Å². The van der Waals surface area contributed by atoms with Crippen molar-refractivity contribution in [3.05, 3.63) is 0 Å². The molecule has 1 rings (SSSR count). The van der Waals surface area contributed by atoms with E-state index < -0.39 is 0 Å². The molecule has 0 aliphatic carbocycles. The van der Waals surface area contributed by atoms with E-state index in [0.717, 1.165) is 5.92 Å². The molecule has 0 aromatic rings. The molecule has 3 unspecified atom stereocenters. The van der Waals surface area contributed by atoms with Crippen molar-refractivity contribution in [2.75, 3.05) is 33.7 Å². The molecule has 0 radical (unpaired) electrons. The third kappa shape index (κ3) is 3.23. The molecule has 14 heavy (non-hydrogen) atoms. The first kappa shape index (κ1) is 12.0. The van der Waals surface area contributed by atoms with Crippen molar-refractivity contribution in [3.63, 3.8) is 0 Å². The van der Waals surface area contributed by atoms with E-state index in [2.05, 4.69) is 37.7 Å². The quantitative estimate of drug-likeness (QED) is 0.720. The lowest BCUT2D eigenvalue weighted by molar-refractivity contribution is 0.199. The van der Waals surface area contributed by atoms with E-state index in [1.165, 1.54) is 26.1 Å². The average Bonchev–Trinajstić information content (AvgIpc) is 2.49. The largest absolute Gasteiger partial charge is 0.327 e. The van der Waals surface area contributed by atoms with Crippen molar-refractivity contribution >= 4 is 0 Å². The normalized spacial score (nSPS) is 28.3. The minimum Gasteiger partial charge on any atom is -0.327 e. The van der Waals surface area contributed by atoms with Crippen molar-refractivity contribution in [2.24, 2.45) is 11.7 Å². The fourth-order valence-electron chi connectivity index (χ4n) is 2.15. The summed E-state index contributed by atoms with van der Waals surface area (Å²) in [4.78, 5) is 4.81. The van der Waals surface area contributed by atoms with Crippen LogP contribution in [-0.2, 0) is 0 Å². The first-order valence-electron chi connectivity index (χ1n) is 5.65. The van der Waals surface area contributed by atoms with Crippen molar-refractivity contribution in [2.45, 2.75) is 32.4 Å². The Kier molecular flexibility index (Phi) is 4.35. The maximum absolute atomic E-state index is 5.89. The Morgan fingerprint density at radius 2 is 2.14 bits per heavy atom.